The fraction of sp³-hybridized carbons (Fsp3) is 0.286. The number of nitriles is 1. The number of carbonyl (C=O) groups is 2. The van der Waals surface area contributed by atoms with Crippen LogP contribution in [-0.2, 0) is 0 Å². The summed E-state index contributed by atoms with van der Waals surface area (Å²) in [6.07, 6.45) is 0.488. The zero-order valence-electron chi connectivity index (χ0n) is 14.6. The predicted molar refractivity (Wildman–Crippen MR) is 98.9 cm³/mol. The van der Waals surface area contributed by atoms with Crippen molar-refractivity contribution in [3.05, 3.63) is 71.3 Å². The molecule has 1 aliphatic heterocycles. The molecule has 0 atom stereocenters. The standard InChI is InChI=1S/C21H21N3O2/c22-16-17-5-4-8-19(15-17)21(26)24-13-11-23(12-14-24)10-9-20(25)18-6-2-1-3-7-18/h1-8,15H,9-14H2. The van der Waals surface area contributed by atoms with Crippen LogP contribution in [0.2, 0.25) is 0 Å². The molecule has 5 nitrogen and oxygen atoms in total. The van der Waals surface area contributed by atoms with Crippen molar-refractivity contribution in [2.75, 3.05) is 32.7 Å². The van der Waals surface area contributed by atoms with Gasteiger partial charge in [-0.05, 0) is 18.2 Å². The van der Waals surface area contributed by atoms with E-state index < -0.39 is 0 Å². The highest BCUT2D eigenvalue weighted by Gasteiger charge is 2.22. The summed E-state index contributed by atoms with van der Waals surface area (Å²) >= 11 is 0. The molecule has 0 radical (unpaired) electrons. The Balaban J connectivity index is 1.49. The number of rotatable bonds is 5. The van der Waals surface area contributed by atoms with Crippen molar-refractivity contribution in [1.82, 2.24) is 9.80 Å². The molecule has 1 fully saturated rings. The van der Waals surface area contributed by atoms with Crippen LogP contribution in [-0.4, -0.2) is 54.2 Å². The van der Waals surface area contributed by atoms with Gasteiger partial charge in [-0.25, -0.2) is 0 Å². The maximum atomic E-state index is 12.6. The number of hydrogen-bond acceptors (Lipinski definition) is 4. The van der Waals surface area contributed by atoms with E-state index in [0.717, 1.165) is 18.7 Å². The lowest BCUT2D eigenvalue weighted by molar-refractivity contribution is 0.0628. The number of carbonyl (C=O) groups excluding carboxylic acids is 2. The Morgan fingerprint density at radius 3 is 2.31 bits per heavy atom. The first kappa shape index (κ1) is 17.8. The van der Waals surface area contributed by atoms with Gasteiger partial charge in [0.1, 0.15) is 0 Å². The first-order valence-corrected chi connectivity index (χ1v) is 8.77. The number of amides is 1. The highest BCUT2D eigenvalue weighted by atomic mass is 16.2. The van der Waals surface area contributed by atoms with E-state index in [-0.39, 0.29) is 11.7 Å². The maximum Gasteiger partial charge on any atom is 0.253 e. The van der Waals surface area contributed by atoms with Crippen molar-refractivity contribution < 1.29 is 9.59 Å². The third-order valence-electron chi connectivity index (χ3n) is 4.65. The van der Waals surface area contributed by atoms with E-state index in [0.29, 0.717) is 37.2 Å². The second kappa shape index (κ2) is 8.41. The largest absolute Gasteiger partial charge is 0.336 e. The summed E-state index contributed by atoms with van der Waals surface area (Å²) in [5, 5.41) is 8.97. The van der Waals surface area contributed by atoms with Crippen LogP contribution in [0.3, 0.4) is 0 Å². The molecule has 0 bridgehead atoms. The van der Waals surface area contributed by atoms with Crippen LogP contribution in [0.1, 0.15) is 32.7 Å². The van der Waals surface area contributed by atoms with Crippen LogP contribution in [0.15, 0.2) is 54.6 Å². The highest BCUT2D eigenvalue weighted by Crippen LogP contribution is 2.12. The number of ketones is 1. The zero-order valence-corrected chi connectivity index (χ0v) is 14.6. The van der Waals surface area contributed by atoms with E-state index in [1.165, 1.54) is 0 Å². The Morgan fingerprint density at radius 1 is 0.923 bits per heavy atom. The smallest absolute Gasteiger partial charge is 0.253 e. The Bertz CT molecular complexity index is 819. The molecule has 5 heteroatoms. The minimum Gasteiger partial charge on any atom is -0.336 e. The highest BCUT2D eigenvalue weighted by molar-refractivity contribution is 5.96. The van der Waals surface area contributed by atoms with Crippen LogP contribution >= 0.6 is 0 Å². The van der Waals surface area contributed by atoms with Crippen LogP contribution in [0.25, 0.3) is 0 Å². The van der Waals surface area contributed by atoms with Crippen molar-refractivity contribution in [2.45, 2.75) is 6.42 Å². The van der Waals surface area contributed by atoms with E-state index in [9.17, 15) is 9.59 Å². The lowest BCUT2D eigenvalue weighted by Gasteiger charge is -2.34. The van der Waals surface area contributed by atoms with E-state index in [4.69, 9.17) is 5.26 Å². The molecule has 3 rings (SSSR count). The molecule has 1 aliphatic rings. The van der Waals surface area contributed by atoms with Crippen LogP contribution in [0.4, 0.5) is 0 Å². The molecule has 0 saturated carbocycles. The molecule has 0 spiro atoms. The van der Waals surface area contributed by atoms with E-state index >= 15 is 0 Å². The minimum absolute atomic E-state index is 0.0397. The average molecular weight is 347 g/mol. The van der Waals surface area contributed by atoms with Crippen molar-refractivity contribution >= 4 is 11.7 Å². The monoisotopic (exact) mass is 347 g/mol. The summed E-state index contributed by atoms with van der Waals surface area (Å²) in [6, 6.07) is 18.2. The zero-order chi connectivity index (χ0) is 18.4. The third-order valence-corrected chi connectivity index (χ3v) is 4.65. The summed E-state index contributed by atoms with van der Waals surface area (Å²) in [6.45, 7) is 3.49. The minimum atomic E-state index is -0.0397. The molecule has 0 aromatic heterocycles. The van der Waals surface area contributed by atoms with Gasteiger partial charge in [-0.1, -0.05) is 36.4 Å². The van der Waals surface area contributed by atoms with E-state index in [2.05, 4.69) is 11.0 Å². The van der Waals surface area contributed by atoms with Crippen LogP contribution in [0, 0.1) is 11.3 Å². The van der Waals surface area contributed by atoms with Gasteiger partial charge in [-0.15, -0.1) is 0 Å². The Morgan fingerprint density at radius 2 is 1.62 bits per heavy atom. The molecule has 2 aromatic rings. The van der Waals surface area contributed by atoms with Gasteiger partial charge in [0.2, 0.25) is 0 Å². The molecule has 26 heavy (non-hydrogen) atoms. The van der Waals surface area contributed by atoms with Gasteiger partial charge < -0.3 is 4.90 Å². The quantitative estimate of drug-likeness (QED) is 0.780. The van der Waals surface area contributed by atoms with Gasteiger partial charge in [0.15, 0.2) is 5.78 Å². The topological polar surface area (TPSA) is 64.4 Å². The van der Waals surface area contributed by atoms with Crippen LogP contribution in [0.5, 0.6) is 0 Å². The van der Waals surface area contributed by atoms with E-state index in [1.54, 1.807) is 24.3 Å². The van der Waals surface area contributed by atoms with Crippen molar-refractivity contribution in [2.24, 2.45) is 0 Å². The Kier molecular flexibility index (Phi) is 5.77. The molecule has 2 aromatic carbocycles. The van der Waals surface area contributed by atoms with E-state index in [1.807, 2.05) is 35.2 Å². The van der Waals surface area contributed by atoms with Gasteiger partial charge in [-0.3, -0.25) is 14.5 Å². The molecule has 1 saturated heterocycles. The predicted octanol–water partition coefficient (Wildman–Crippen LogP) is 2.59. The van der Waals surface area contributed by atoms with Crippen molar-refractivity contribution in [1.29, 1.82) is 5.26 Å². The molecule has 0 aliphatic carbocycles. The molecule has 1 amide bonds. The molecular formula is C21H21N3O2. The molecule has 132 valence electrons. The van der Waals surface area contributed by atoms with Crippen LogP contribution < -0.4 is 0 Å². The fourth-order valence-electron chi connectivity index (χ4n) is 3.11. The summed E-state index contributed by atoms with van der Waals surface area (Å²) in [4.78, 5) is 28.8. The first-order valence-electron chi connectivity index (χ1n) is 8.77. The summed E-state index contributed by atoms with van der Waals surface area (Å²) < 4.78 is 0. The average Bonchev–Trinajstić information content (AvgIpc) is 2.72. The Labute approximate surface area is 153 Å². The second-order valence-electron chi connectivity index (χ2n) is 6.37. The normalized spacial score (nSPS) is 14.7. The number of nitrogens with zero attached hydrogens (tertiary/aromatic N) is 3. The fourth-order valence-corrected chi connectivity index (χ4v) is 3.11. The van der Waals surface area contributed by atoms with Gasteiger partial charge in [-0.2, -0.15) is 5.26 Å². The van der Waals surface area contributed by atoms with Gasteiger partial charge in [0.05, 0.1) is 11.6 Å². The Hall–Kier alpha value is -2.97. The number of hydrogen-bond donors (Lipinski definition) is 0. The molecular weight excluding hydrogens is 326 g/mol. The summed E-state index contributed by atoms with van der Waals surface area (Å²) in [7, 11) is 0. The molecule has 0 N–H and O–H groups in total. The molecule has 0 unspecified atom stereocenters. The van der Waals surface area contributed by atoms with Gasteiger partial charge in [0.25, 0.3) is 5.91 Å². The van der Waals surface area contributed by atoms with Crippen molar-refractivity contribution in [3.8, 4) is 6.07 Å². The van der Waals surface area contributed by atoms with Gasteiger partial charge in [0, 0.05) is 50.3 Å². The first-order chi connectivity index (χ1) is 12.7. The third kappa shape index (κ3) is 4.35. The van der Waals surface area contributed by atoms with Crippen molar-refractivity contribution in [3.63, 3.8) is 0 Å². The summed E-state index contributed by atoms with van der Waals surface area (Å²) in [5.74, 6) is 0.111. The van der Waals surface area contributed by atoms with Gasteiger partial charge >= 0.3 is 0 Å². The lowest BCUT2D eigenvalue weighted by atomic mass is 10.1. The maximum absolute atomic E-state index is 12.6. The number of Topliss-reactive ketones (excluding diaryl/α,β-unsaturated/α-hetero) is 1. The number of benzene rings is 2. The number of piperazine rings is 1. The SMILES string of the molecule is N#Cc1cccc(C(=O)N2CCN(CCC(=O)c3ccccc3)CC2)c1. The lowest BCUT2D eigenvalue weighted by Crippen LogP contribution is -2.49. The second-order valence-corrected chi connectivity index (χ2v) is 6.37. The summed E-state index contributed by atoms with van der Waals surface area (Å²) in [5.41, 5.74) is 1.80. The molecule has 1 heterocycles.